The summed E-state index contributed by atoms with van der Waals surface area (Å²) in [7, 11) is 0. The fraction of sp³-hybridized carbons (Fsp3) is 0.938. The third kappa shape index (κ3) is 40.7. The van der Waals surface area contributed by atoms with E-state index in [0.29, 0.717) is 172 Å². The lowest BCUT2D eigenvalue weighted by Crippen LogP contribution is -2.25. The van der Waals surface area contributed by atoms with Crippen molar-refractivity contribution in [2.45, 2.75) is 27.2 Å². The van der Waals surface area contributed by atoms with Crippen molar-refractivity contribution >= 4 is 11.7 Å². The number of hydrogen-bond donors (Lipinski definition) is 1. The molecular formula is C32H63NO14. The molecule has 0 saturated heterocycles. The Hall–Kier alpha value is -1.34. The molecule has 15 nitrogen and oxygen atoms in total. The first kappa shape index (κ1) is 45.7. The number of ketones is 1. The van der Waals surface area contributed by atoms with E-state index in [0.717, 1.165) is 0 Å². The summed E-state index contributed by atoms with van der Waals surface area (Å²) in [5.74, 6) is 0.209. The summed E-state index contributed by atoms with van der Waals surface area (Å²) in [4.78, 5) is 22.2. The molecule has 15 heteroatoms. The molecule has 0 bridgehead atoms. The smallest absolute Gasteiger partial charge is 0.216 e. The number of carbonyl (C=O) groups excluding carboxylic acids is 2. The highest BCUT2D eigenvalue weighted by atomic mass is 16.6. The summed E-state index contributed by atoms with van der Waals surface area (Å²) in [6.07, 6.45) is 0.451. The molecule has 0 atom stereocenters. The fourth-order valence-corrected chi connectivity index (χ4v) is 3.28. The van der Waals surface area contributed by atoms with Crippen LogP contribution in [0.2, 0.25) is 0 Å². The van der Waals surface area contributed by atoms with Crippen molar-refractivity contribution < 1.29 is 66.4 Å². The van der Waals surface area contributed by atoms with E-state index in [1.165, 1.54) is 6.92 Å². The molecule has 0 aromatic heterocycles. The molecule has 47 heavy (non-hydrogen) atoms. The zero-order valence-corrected chi connectivity index (χ0v) is 29.2. The van der Waals surface area contributed by atoms with Gasteiger partial charge in [0.15, 0.2) is 0 Å². The van der Waals surface area contributed by atoms with Crippen LogP contribution < -0.4 is 5.32 Å². The third-order valence-corrected chi connectivity index (χ3v) is 5.85. The molecule has 0 spiro atoms. The zero-order valence-electron chi connectivity index (χ0n) is 29.2. The number of rotatable bonds is 40. The van der Waals surface area contributed by atoms with Crippen LogP contribution in [0.4, 0.5) is 0 Å². The third-order valence-electron chi connectivity index (χ3n) is 5.85. The molecule has 0 heterocycles. The van der Waals surface area contributed by atoms with E-state index < -0.39 is 0 Å². The predicted molar refractivity (Wildman–Crippen MR) is 173 cm³/mol. The SMILES string of the molecule is CC(=O)NCCOCCOCCOCCOCCOCCOCCOCCOCCOCCOCCOCCOCCC(=O)C(C)C. The molecule has 0 unspecified atom stereocenters. The number of carbonyl (C=O) groups is 2. The van der Waals surface area contributed by atoms with Crippen LogP contribution in [0.3, 0.4) is 0 Å². The molecule has 0 aliphatic heterocycles. The molecule has 0 saturated carbocycles. The van der Waals surface area contributed by atoms with E-state index in [9.17, 15) is 9.59 Å². The molecule has 0 aromatic rings. The summed E-state index contributed by atoms with van der Waals surface area (Å²) in [5.41, 5.74) is 0. The van der Waals surface area contributed by atoms with E-state index in [-0.39, 0.29) is 17.6 Å². The highest BCUT2D eigenvalue weighted by molar-refractivity contribution is 5.80. The predicted octanol–water partition coefficient (Wildman–Crippen LogP) is 0.937. The van der Waals surface area contributed by atoms with Crippen molar-refractivity contribution in [3.05, 3.63) is 0 Å². The van der Waals surface area contributed by atoms with Crippen LogP contribution in [0.5, 0.6) is 0 Å². The van der Waals surface area contributed by atoms with Gasteiger partial charge in [0.1, 0.15) is 5.78 Å². The average molecular weight is 686 g/mol. The van der Waals surface area contributed by atoms with E-state index in [2.05, 4.69) is 5.32 Å². The molecule has 1 amide bonds. The minimum atomic E-state index is -0.0638. The molecule has 0 aromatic carbocycles. The topological polar surface area (TPSA) is 157 Å². The van der Waals surface area contributed by atoms with Crippen molar-refractivity contribution in [2.75, 3.05) is 165 Å². The van der Waals surface area contributed by atoms with Crippen molar-refractivity contribution in [1.29, 1.82) is 0 Å². The Balaban J connectivity index is 3.07. The van der Waals surface area contributed by atoms with Gasteiger partial charge in [0.05, 0.1) is 159 Å². The number of nitrogens with one attached hydrogen (secondary N) is 1. The van der Waals surface area contributed by atoms with E-state index in [1.54, 1.807) is 0 Å². The lowest BCUT2D eigenvalue weighted by atomic mass is 10.1. The highest BCUT2D eigenvalue weighted by Gasteiger charge is 2.06. The van der Waals surface area contributed by atoms with Gasteiger partial charge in [-0.15, -0.1) is 0 Å². The maximum absolute atomic E-state index is 11.5. The van der Waals surface area contributed by atoms with E-state index in [1.807, 2.05) is 13.8 Å². The van der Waals surface area contributed by atoms with Gasteiger partial charge in [-0.25, -0.2) is 0 Å². The number of amides is 1. The lowest BCUT2D eigenvalue weighted by molar-refractivity contribution is -0.123. The molecule has 0 rings (SSSR count). The number of ether oxygens (including phenoxy) is 12. The molecule has 0 radical (unpaired) electrons. The van der Waals surface area contributed by atoms with Gasteiger partial charge in [-0.05, 0) is 0 Å². The number of Topliss-reactive ketones (excluding diaryl/α,β-unsaturated/α-hetero) is 1. The first-order valence-corrected chi connectivity index (χ1v) is 16.7. The Labute approximate surface area is 281 Å². The van der Waals surface area contributed by atoms with Gasteiger partial charge in [0.25, 0.3) is 0 Å². The van der Waals surface area contributed by atoms with Gasteiger partial charge in [0, 0.05) is 25.8 Å². The Morgan fingerprint density at radius 1 is 0.383 bits per heavy atom. The van der Waals surface area contributed by atoms with Crippen molar-refractivity contribution in [1.82, 2.24) is 5.32 Å². The summed E-state index contributed by atoms with van der Waals surface area (Å²) < 4.78 is 65.2. The Kier molecular flexibility index (Phi) is 38.0. The highest BCUT2D eigenvalue weighted by Crippen LogP contribution is 1.98. The van der Waals surface area contributed by atoms with Gasteiger partial charge in [0.2, 0.25) is 5.91 Å². The second-order valence-corrected chi connectivity index (χ2v) is 10.2. The van der Waals surface area contributed by atoms with Crippen molar-refractivity contribution in [3.63, 3.8) is 0 Å². The van der Waals surface area contributed by atoms with Crippen molar-refractivity contribution in [2.24, 2.45) is 5.92 Å². The van der Waals surface area contributed by atoms with Crippen LogP contribution in [0.25, 0.3) is 0 Å². The second-order valence-electron chi connectivity index (χ2n) is 10.2. The molecule has 0 aliphatic carbocycles. The molecule has 280 valence electrons. The largest absolute Gasteiger partial charge is 0.379 e. The van der Waals surface area contributed by atoms with Crippen LogP contribution in [0, 0.1) is 5.92 Å². The molecule has 0 aliphatic rings. The van der Waals surface area contributed by atoms with Crippen molar-refractivity contribution in [3.8, 4) is 0 Å². The quantitative estimate of drug-likeness (QED) is 0.0909. The zero-order chi connectivity index (χ0) is 34.3. The van der Waals surface area contributed by atoms with Gasteiger partial charge in [-0.3, -0.25) is 9.59 Å². The van der Waals surface area contributed by atoms with Crippen LogP contribution in [0.15, 0.2) is 0 Å². The molecular weight excluding hydrogens is 622 g/mol. The van der Waals surface area contributed by atoms with E-state index >= 15 is 0 Å². The summed E-state index contributed by atoms with van der Waals surface area (Å²) in [6, 6.07) is 0. The normalized spacial score (nSPS) is 11.5. The Morgan fingerprint density at radius 3 is 0.809 bits per heavy atom. The Morgan fingerprint density at radius 2 is 0.596 bits per heavy atom. The standard InChI is InChI=1S/C32H63NO14/c1-30(2)32(35)4-6-36-8-10-38-12-14-40-16-18-42-20-22-44-24-26-46-28-29-47-27-25-45-23-21-43-19-17-41-15-13-39-11-9-37-7-5-33-31(3)34/h30H,4-29H2,1-3H3,(H,33,34). The number of hydrogen-bond acceptors (Lipinski definition) is 14. The van der Waals surface area contributed by atoms with Crippen LogP contribution >= 0.6 is 0 Å². The van der Waals surface area contributed by atoms with Crippen LogP contribution in [0.1, 0.15) is 27.2 Å². The maximum atomic E-state index is 11.5. The fourth-order valence-electron chi connectivity index (χ4n) is 3.28. The maximum Gasteiger partial charge on any atom is 0.216 e. The lowest BCUT2D eigenvalue weighted by Gasteiger charge is -2.09. The average Bonchev–Trinajstić information content (AvgIpc) is 3.05. The minimum Gasteiger partial charge on any atom is -0.379 e. The Bertz CT molecular complexity index is 659. The van der Waals surface area contributed by atoms with Gasteiger partial charge < -0.3 is 62.2 Å². The van der Waals surface area contributed by atoms with Crippen LogP contribution in [-0.4, -0.2) is 177 Å². The second kappa shape index (κ2) is 39.1. The van der Waals surface area contributed by atoms with Gasteiger partial charge in [-0.1, -0.05) is 13.8 Å². The minimum absolute atomic E-state index is 0.0570. The monoisotopic (exact) mass is 685 g/mol. The van der Waals surface area contributed by atoms with E-state index in [4.69, 9.17) is 56.8 Å². The van der Waals surface area contributed by atoms with Gasteiger partial charge >= 0.3 is 0 Å². The first-order valence-electron chi connectivity index (χ1n) is 16.7. The van der Waals surface area contributed by atoms with Crippen LogP contribution in [-0.2, 0) is 66.4 Å². The molecule has 1 N–H and O–H groups in total. The molecule has 0 fully saturated rings. The van der Waals surface area contributed by atoms with Gasteiger partial charge in [-0.2, -0.15) is 0 Å². The summed E-state index contributed by atoms with van der Waals surface area (Å²) in [5, 5.41) is 2.66. The summed E-state index contributed by atoms with van der Waals surface area (Å²) in [6.45, 7) is 17.5. The first-order chi connectivity index (χ1) is 23.0. The summed E-state index contributed by atoms with van der Waals surface area (Å²) >= 11 is 0.